The lowest BCUT2D eigenvalue weighted by Gasteiger charge is -2.08. The van der Waals surface area contributed by atoms with E-state index in [9.17, 15) is 0 Å². The van der Waals surface area contributed by atoms with E-state index in [1.54, 1.807) is 0 Å². The van der Waals surface area contributed by atoms with Crippen LogP contribution in [0.15, 0.2) is 48.5 Å². The zero-order chi connectivity index (χ0) is 15.7. The van der Waals surface area contributed by atoms with E-state index in [-0.39, 0.29) is 0 Å². The van der Waals surface area contributed by atoms with Gasteiger partial charge in [-0.1, -0.05) is 49.9 Å². The molecule has 0 fully saturated rings. The van der Waals surface area contributed by atoms with Crippen LogP contribution in [0.1, 0.15) is 49.7 Å². The van der Waals surface area contributed by atoms with Gasteiger partial charge in [0.15, 0.2) is 0 Å². The first-order valence-corrected chi connectivity index (χ1v) is 8.84. The fraction of sp³-hybridized carbons (Fsp3) is 0.429. The minimum Gasteiger partial charge on any atom is -0.494 e. The molecular formula is C21H26O2. The van der Waals surface area contributed by atoms with Gasteiger partial charge in [0.05, 0.1) is 13.2 Å². The predicted octanol–water partition coefficient (Wildman–Crippen LogP) is 5.39. The molecule has 0 radical (unpaired) electrons. The van der Waals surface area contributed by atoms with E-state index in [2.05, 4.69) is 48.5 Å². The highest BCUT2D eigenvalue weighted by molar-refractivity contribution is 5.34. The minimum absolute atomic E-state index is 0.823. The summed E-state index contributed by atoms with van der Waals surface area (Å²) in [6.07, 6.45) is 8.30. The monoisotopic (exact) mass is 310 g/mol. The summed E-state index contributed by atoms with van der Waals surface area (Å²) in [4.78, 5) is 0. The van der Waals surface area contributed by atoms with Gasteiger partial charge in [0.25, 0.3) is 0 Å². The van der Waals surface area contributed by atoms with Gasteiger partial charge in [-0.3, -0.25) is 0 Å². The Morgan fingerprint density at radius 3 is 1.30 bits per heavy atom. The molecular weight excluding hydrogens is 284 g/mol. The normalized spacial score (nSPS) is 16.7. The Morgan fingerprint density at radius 1 is 0.478 bits per heavy atom. The van der Waals surface area contributed by atoms with Gasteiger partial charge in [0, 0.05) is 0 Å². The number of fused-ring (bicyclic) bond motifs is 2. The molecule has 2 heteroatoms. The Labute approximate surface area is 139 Å². The number of benzene rings is 2. The molecule has 0 saturated carbocycles. The molecule has 3 heterocycles. The Bertz CT molecular complexity index is 518. The van der Waals surface area contributed by atoms with E-state index < -0.39 is 0 Å². The van der Waals surface area contributed by atoms with Crippen molar-refractivity contribution in [1.82, 2.24) is 0 Å². The van der Waals surface area contributed by atoms with Crippen LogP contribution in [0, 0.1) is 0 Å². The SMILES string of the molecule is c1cc2ccc1Cc1ccc(cc1)OCCCCCCCCO2. The van der Waals surface area contributed by atoms with Crippen molar-refractivity contribution in [3.05, 3.63) is 59.7 Å². The van der Waals surface area contributed by atoms with E-state index in [0.29, 0.717) is 0 Å². The molecule has 0 aliphatic carbocycles. The second-order valence-corrected chi connectivity index (χ2v) is 6.28. The van der Waals surface area contributed by atoms with Gasteiger partial charge in [-0.15, -0.1) is 0 Å². The fourth-order valence-electron chi connectivity index (χ4n) is 2.93. The molecule has 5 rings (SSSR count). The summed E-state index contributed by atoms with van der Waals surface area (Å²) < 4.78 is 11.7. The van der Waals surface area contributed by atoms with E-state index in [0.717, 1.165) is 44.0 Å². The zero-order valence-corrected chi connectivity index (χ0v) is 13.8. The average Bonchev–Trinajstić information content (AvgIpc) is 2.59. The van der Waals surface area contributed by atoms with E-state index >= 15 is 0 Å². The van der Waals surface area contributed by atoms with Crippen LogP contribution < -0.4 is 9.47 Å². The van der Waals surface area contributed by atoms with Crippen molar-refractivity contribution >= 4 is 0 Å². The van der Waals surface area contributed by atoms with Crippen molar-refractivity contribution in [2.75, 3.05) is 13.2 Å². The molecule has 23 heavy (non-hydrogen) atoms. The second-order valence-electron chi connectivity index (χ2n) is 6.28. The van der Waals surface area contributed by atoms with Crippen LogP contribution in [-0.4, -0.2) is 13.2 Å². The fourth-order valence-corrected chi connectivity index (χ4v) is 2.93. The third-order valence-corrected chi connectivity index (χ3v) is 4.33. The van der Waals surface area contributed by atoms with Crippen LogP contribution in [0.4, 0.5) is 0 Å². The molecule has 4 bridgehead atoms. The highest BCUT2D eigenvalue weighted by atomic mass is 16.5. The average molecular weight is 310 g/mol. The number of rotatable bonds is 0. The molecule has 0 atom stereocenters. The lowest BCUT2D eigenvalue weighted by atomic mass is 10.0. The highest BCUT2D eigenvalue weighted by Gasteiger charge is 2.01. The molecule has 122 valence electrons. The maximum Gasteiger partial charge on any atom is 0.119 e. The molecule has 0 aromatic heterocycles. The maximum absolute atomic E-state index is 5.83. The van der Waals surface area contributed by atoms with Crippen LogP contribution in [-0.2, 0) is 6.42 Å². The number of ether oxygens (including phenoxy) is 2. The first kappa shape index (κ1) is 15.9. The Morgan fingerprint density at radius 2 is 0.870 bits per heavy atom. The molecule has 2 aromatic rings. The Balaban J connectivity index is 1.67. The summed E-state index contributed by atoms with van der Waals surface area (Å²) >= 11 is 0. The molecule has 2 aromatic carbocycles. The largest absolute Gasteiger partial charge is 0.494 e. The summed E-state index contributed by atoms with van der Waals surface area (Å²) in [7, 11) is 0. The van der Waals surface area contributed by atoms with E-state index in [1.165, 1.54) is 36.8 Å². The third kappa shape index (κ3) is 5.31. The van der Waals surface area contributed by atoms with Crippen LogP contribution in [0.3, 0.4) is 0 Å². The van der Waals surface area contributed by atoms with Gasteiger partial charge in [0.1, 0.15) is 11.5 Å². The van der Waals surface area contributed by atoms with E-state index in [1.807, 2.05) is 0 Å². The Hall–Kier alpha value is -1.96. The summed E-state index contributed by atoms with van der Waals surface area (Å²) in [5.74, 6) is 1.96. The number of hydrogen-bond donors (Lipinski definition) is 0. The van der Waals surface area contributed by atoms with Gasteiger partial charge in [-0.2, -0.15) is 0 Å². The smallest absolute Gasteiger partial charge is 0.119 e. The van der Waals surface area contributed by atoms with Crippen molar-refractivity contribution in [3.8, 4) is 11.5 Å². The van der Waals surface area contributed by atoms with Crippen molar-refractivity contribution in [2.24, 2.45) is 0 Å². The van der Waals surface area contributed by atoms with Crippen LogP contribution in [0.5, 0.6) is 11.5 Å². The summed E-state index contributed by atoms with van der Waals surface area (Å²) in [6, 6.07) is 17.0. The van der Waals surface area contributed by atoms with Gasteiger partial charge >= 0.3 is 0 Å². The van der Waals surface area contributed by atoms with Gasteiger partial charge in [-0.05, 0) is 54.7 Å². The first-order valence-electron chi connectivity index (χ1n) is 8.84. The van der Waals surface area contributed by atoms with Crippen molar-refractivity contribution in [3.63, 3.8) is 0 Å². The quantitative estimate of drug-likeness (QED) is 0.649. The zero-order valence-electron chi connectivity index (χ0n) is 13.8. The highest BCUT2D eigenvalue weighted by Crippen LogP contribution is 2.19. The molecule has 0 spiro atoms. The van der Waals surface area contributed by atoms with Crippen LogP contribution >= 0.6 is 0 Å². The molecule has 3 aliphatic rings. The van der Waals surface area contributed by atoms with Gasteiger partial charge < -0.3 is 9.47 Å². The lowest BCUT2D eigenvalue weighted by molar-refractivity contribution is 0.297. The standard InChI is InChI=1S/C21H26O2/c1-2-4-6-16-23-21-13-9-19(10-14-21)17-18-7-11-20(12-8-18)22-15-5-3-1/h7-14H,1-6,15-17H2. The van der Waals surface area contributed by atoms with Crippen LogP contribution in [0.2, 0.25) is 0 Å². The summed E-state index contributed by atoms with van der Waals surface area (Å²) in [6.45, 7) is 1.65. The van der Waals surface area contributed by atoms with Crippen molar-refractivity contribution in [2.45, 2.75) is 44.9 Å². The first-order chi connectivity index (χ1) is 11.4. The topological polar surface area (TPSA) is 18.5 Å². The molecule has 0 saturated heterocycles. The van der Waals surface area contributed by atoms with Crippen LogP contribution in [0.25, 0.3) is 0 Å². The van der Waals surface area contributed by atoms with Crippen molar-refractivity contribution < 1.29 is 9.47 Å². The molecule has 0 unspecified atom stereocenters. The third-order valence-electron chi connectivity index (χ3n) is 4.33. The summed E-state index contributed by atoms with van der Waals surface area (Å²) in [5, 5.41) is 0. The minimum atomic E-state index is 0.823. The molecule has 0 N–H and O–H groups in total. The second kappa shape index (κ2) is 8.61. The Kier molecular flexibility index (Phi) is 5.96. The van der Waals surface area contributed by atoms with E-state index in [4.69, 9.17) is 9.47 Å². The number of hydrogen-bond acceptors (Lipinski definition) is 2. The maximum atomic E-state index is 5.83. The van der Waals surface area contributed by atoms with Gasteiger partial charge in [-0.25, -0.2) is 0 Å². The molecule has 3 aliphatic heterocycles. The molecule has 2 nitrogen and oxygen atoms in total. The predicted molar refractivity (Wildman–Crippen MR) is 94.4 cm³/mol. The van der Waals surface area contributed by atoms with Gasteiger partial charge in [0.2, 0.25) is 0 Å². The molecule has 0 amide bonds. The van der Waals surface area contributed by atoms with Crippen molar-refractivity contribution in [1.29, 1.82) is 0 Å². The lowest BCUT2D eigenvalue weighted by Crippen LogP contribution is -1.98. The summed E-state index contributed by atoms with van der Waals surface area (Å²) in [5.41, 5.74) is 2.62.